The number of aryl methyl sites for hydroxylation is 1. The van der Waals surface area contributed by atoms with Crippen molar-refractivity contribution in [2.24, 2.45) is 0 Å². The van der Waals surface area contributed by atoms with Gasteiger partial charge in [-0.05, 0) is 30.9 Å². The van der Waals surface area contributed by atoms with Crippen molar-refractivity contribution in [1.29, 1.82) is 0 Å². The first kappa shape index (κ1) is 16.9. The third-order valence-electron chi connectivity index (χ3n) is 4.33. The number of anilines is 1. The molecule has 1 fully saturated rings. The van der Waals surface area contributed by atoms with Gasteiger partial charge in [0.2, 0.25) is 11.7 Å². The molecule has 1 amide bonds. The summed E-state index contributed by atoms with van der Waals surface area (Å²) in [6.45, 7) is 1.35. The maximum atomic E-state index is 12.5. The number of hydrogen-bond donors (Lipinski definition) is 1. The lowest BCUT2D eigenvalue weighted by Crippen LogP contribution is -2.34. The molecule has 0 radical (unpaired) electrons. The van der Waals surface area contributed by atoms with Crippen LogP contribution in [0.15, 0.2) is 48.7 Å². The molecule has 7 nitrogen and oxygen atoms in total. The van der Waals surface area contributed by atoms with Crippen molar-refractivity contribution in [2.45, 2.75) is 25.3 Å². The van der Waals surface area contributed by atoms with Crippen molar-refractivity contribution in [2.75, 3.05) is 18.4 Å². The zero-order valence-electron chi connectivity index (χ0n) is 13.8. The van der Waals surface area contributed by atoms with E-state index >= 15 is 0 Å². The molecule has 130 valence electrons. The highest BCUT2D eigenvalue weighted by atomic mass is 16.6. The molecule has 2 heterocycles. The van der Waals surface area contributed by atoms with E-state index in [-0.39, 0.29) is 17.4 Å². The van der Waals surface area contributed by atoms with Crippen molar-refractivity contribution in [3.05, 3.63) is 64.3 Å². The molecule has 2 aromatic rings. The summed E-state index contributed by atoms with van der Waals surface area (Å²) >= 11 is 0. The van der Waals surface area contributed by atoms with Gasteiger partial charge in [-0.3, -0.25) is 14.9 Å². The van der Waals surface area contributed by atoms with Crippen LogP contribution in [-0.2, 0) is 11.2 Å². The molecule has 1 aromatic carbocycles. The fraction of sp³-hybridized carbons (Fsp3) is 0.333. The van der Waals surface area contributed by atoms with Gasteiger partial charge >= 0.3 is 5.69 Å². The number of nitro groups is 1. The normalized spacial score (nSPS) is 16.9. The summed E-state index contributed by atoms with van der Waals surface area (Å²) in [6, 6.07) is 12.6. The van der Waals surface area contributed by atoms with Crippen LogP contribution in [0.25, 0.3) is 0 Å². The van der Waals surface area contributed by atoms with E-state index in [2.05, 4.69) is 22.4 Å². The van der Waals surface area contributed by atoms with Crippen LogP contribution in [0.4, 0.5) is 11.5 Å². The van der Waals surface area contributed by atoms with Crippen LogP contribution in [0.5, 0.6) is 0 Å². The summed E-state index contributed by atoms with van der Waals surface area (Å²) in [5, 5.41) is 14.0. The lowest BCUT2D eigenvalue weighted by molar-refractivity contribution is -0.384. The molecule has 0 bridgehead atoms. The molecule has 3 rings (SSSR count). The first-order valence-corrected chi connectivity index (χ1v) is 8.34. The number of carbonyl (C=O) groups excluding carboxylic acids is 1. The number of amides is 1. The highest BCUT2D eigenvalue weighted by Crippen LogP contribution is 2.24. The van der Waals surface area contributed by atoms with Gasteiger partial charge in [0.1, 0.15) is 6.04 Å². The average molecular weight is 340 g/mol. The predicted octanol–water partition coefficient (Wildman–Crippen LogP) is 2.64. The van der Waals surface area contributed by atoms with Crippen molar-refractivity contribution in [3.8, 4) is 0 Å². The van der Waals surface area contributed by atoms with Crippen molar-refractivity contribution in [3.63, 3.8) is 0 Å². The molecular formula is C18H20N4O3. The summed E-state index contributed by atoms with van der Waals surface area (Å²) < 4.78 is 0. The summed E-state index contributed by atoms with van der Waals surface area (Å²) in [5.41, 5.74) is 1.14. The highest BCUT2D eigenvalue weighted by Gasteiger charge is 2.32. The Balaban J connectivity index is 1.54. The van der Waals surface area contributed by atoms with E-state index in [9.17, 15) is 14.9 Å². The van der Waals surface area contributed by atoms with E-state index in [0.717, 1.165) is 12.8 Å². The largest absolute Gasteiger partial charge is 0.353 e. The number of pyridine rings is 1. The maximum Gasteiger partial charge on any atom is 0.311 e. The lowest BCUT2D eigenvalue weighted by Gasteiger charge is -2.17. The van der Waals surface area contributed by atoms with Gasteiger partial charge in [-0.1, -0.05) is 30.3 Å². The smallest absolute Gasteiger partial charge is 0.311 e. The lowest BCUT2D eigenvalue weighted by atomic mass is 10.1. The standard InChI is InChI=1S/C18H20N4O3/c23-18-15(20-17-16(22(24)25)9-4-11-19-17)10-13-21(18)12-5-8-14-6-2-1-3-7-14/h1-4,6-7,9,11,15H,5,8,10,12-13H2,(H,19,20). The van der Waals surface area contributed by atoms with Crippen LogP contribution in [0.3, 0.4) is 0 Å². The zero-order chi connectivity index (χ0) is 17.6. The second-order valence-corrected chi connectivity index (χ2v) is 6.03. The predicted molar refractivity (Wildman–Crippen MR) is 94.3 cm³/mol. The van der Waals surface area contributed by atoms with Gasteiger partial charge in [0.25, 0.3) is 0 Å². The maximum absolute atomic E-state index is 12.5. The number of benzene rings is 1. The average Bonchev–Trinajstić information content (AvgIpc) is 2.96. The number of hydrogen-bond acceptors (Lipinski definition) is 5. The minimum atomic E-state index is -0.494. The van der Waals surface area contributed by atoms with Gasteiger partial charge in [0.05, 0.1) is 4.92 Å². The van der Waals surface area contributed by atoms with Crippen molar-refractivity contribution in [1.82, 2.24) is 9.88 Å². The number of carbonyl (C=O) groups is 1. The number of nitrogens with one attached hydrogen (secondary N) is 1. The monoisotopic (exact) mass is 340 g/mol. The summed E-state index contributed by atoms with van der Waals surface area (Å²) in [6.07, 6.45) is 3.92. The fourth-order valence-corrected chi connectivity index (χ4v) is 3.03. The quantitative estimate of drug-likeness (QED) is 0.618. The molecule has 1 aliphatic heterocycles. The molecule has 0 aliphatic carbocycles. The first-order valence-electron chi connectivity index (χ1n) is 8.34. The van der Waals surface area contributed by atoms with Crippen molar-refractivity contribution < 1.29 is 9.72 Å². The minimum Gasteiger partial charge on any atom is -0.353 e. The third kappa shape index (κ3) is 4.12. The Labute approximate surface area is 145 Å². The van der Waals surface area contributed by atoms with Crippen LogP contribution in [-0.4, -0.2) is 39.8 Å². The van der Waals surface area contributed by atoms with Gasteiger partial charge in [0.15, 0.2) is 0 Å². The molecule has 25 heavy (non-hydrogen) atoms. The van der Waals surface area contributed by atoms with Crippen LogP contribution in [0, 0.1) is 10.1 Å². The van der Waals surface area contributed by atoms with E-state index < -0.39 is 11.0 Å². The Hall–Kier alpha value is -2.96. The Morgan fingerprint density at radius 3 is 2.80 bits per heavy atom. The van der Waals surface area contributed by atoms with E-state index in [1.807, 2.05) is 23.1 Å². The highest BCUT2D eigenvalue weighted by molar-refractivity contribution is 5.87. The summed E-state index contributed by atoms with van der Waals surface area (Å²) in [5.74, 6) is 0.130. The molecule has 1 saturated heterocycles. The number of aromatic nitrogens is 1. The molecular weight excluding hydrogens is 320 g/mol. The van der Waals surface area contributed by atoms with Gasteiger partial charge in [-0.2, -0.15) is 0 Å². The molecule has 1 unspecified atom stereocenters. The van der Waals surface area contributed by atoms with Gasteiger partial charge in [-0.25, -0.2) is 4.98 Å². The van der Waals surface area contributed by atoms with E-state index in [1.165, 1.54) is 23.9 Å². The van der Waals surface area contributed by atoms with Gasteiger partial charge < -0.3 is 10.2 Å². The van der Waals surface area contributed by atoms with Crippen LogP contribution < -0.4 is 5.32 Å². The summed E-state index contributed by atoms with van der Waals surface area (Å²) in [7, 11) is 0. The minimum absolute atomic E-state index is 0.0204. The molecule has 1 aliphatic rings. The molecule has 1 N–H and O–H groups in total. The first-order chi connectivity index (χ1) is 12.1. The molecule has 0 spiro atoms. The Bertz CT molecular complexity index is 751. The van der Waals surface area contributed by atoms with Crippen LogP contribution in [0.1, 0.15) is 18.4 Å². The molecule has 0 saturated carbocycles. The number of nitrogens with zero attached hydrogens (tertiary/aromatic N) is 3. The third-order valence-corrected chi connectivity index (χ3v) is 4.33. The van der Waals surface area contributed by atoms with Crippen LogP contribution >= 0.6 is 0 Å². The topological polar surface area (TPSA) is 88.4 Å². The van der Waals surface area contributed by atoms with Crippen LogP contribution in [0.2, 0.25) is 0 Å². The SMILES string of the molecule is O=C1C(Nc2ncccc2[N+](=O)[O-])CCN1CCCc1ccccc1. The van der Waals surface area contributed by atoms with E-state index in [0.29, 0.717) is 19.5 Å². The number of rotatable bonds is 7. The van der Waals surface area contributed by atoms with Gasteiger partial charge in [-0.15, -0.1) is 0 Å². The Morgan fingerprint density at radius 2 is 2.04 bits per heavy atom. The van der Waals surface area contributed by atoms with E-state index in [1.54, 1.807) is 0 Å². The van der Waals surface area contributed by atoms with Gasteiger partial charge in [0, 0.05) is 25.4 Å². The Morgan fingerprint density at radius 1 is 1.24 bits per heavy atom. The second-order valence-electron chi connectivity index (χ2n) is 6.03. The molecule has 1 aromatic heterocycles. The molecule has 7 heteroatoms. The zero-order valence-corrected chi connectivity index (χ0v) is 13.8. The second kappa shape index (κ2) is 7.74. The van der Waals surface area contributed by atoms with E-state index in [4.69, 9.17) is 0 Å². The Kier molecular flexibility index (Phi) is 5.23. The van der Waals surface area contributed by atoms with Crippen molar-refractivity contribution >= 4 is 17.4 Å². The molecule has 1 atom stereocenters. The summed E-state index contributed by atoms with van der Waals surface area (Å²) in [4.78, 5) is 28.9. The fourth-order valence-electron chi connectivity index (χ4n) is 3.03. The number of likely N-dealkylation sites (tertiary alicyclic amines) is 1.